The molecule has 0 aliphatic heterocycles. The van der Waals surface area contributed by atoms with Crippen molar-refractivity contribution in [1.29, 1.82) is 5.26 Å². The second-order valence-corrected chi connectivity index (χ2v) is 3.78. The molecule has 17 heavy (non-hydrogen) atoms. The zero-order chi connectivity index (χ0) is 12.8. The van der Waals surface area contributed by atoms with Crippen LogP contribution in [0.3, 0.4) is 0 Å². The Balaban J connectivity index is 2.81. The van der Waals surface area contributed by atoms with Gasteiger partial charge in [-0.1, -0.05) is 17.7 Å². The minimum absolute atomic E-state index is 0.119. The van der Waals surface area contributed by atoms with Crippen LogP contribution in [0.25, 0.3) is 0 Å². The second kappa shape index (κ2) is 6.21. The van der Waals surface area contributed by atoms with Gasteiger partial charge in [0.25, 0.3) is 0 Å². The average molecular weight is 256 g/mol. The first-order valence-electron chi connectivity index (χ1n) is 5.08. The van der Waals surface area contributed by atoms with Gasteiger partial charge in [-0.25, -0.2) is 4.39 Å². The van der Waals surface area contributed by atoms with E-state index < -0.39 is 17.7 Å². The Morgan fingerprint density at radius 3 is 2.88 bits per heavy atom. The first-order chi connectivity index (χ1) is 8.08. The standard InChI is InChI=1S/C12H11ClFNO2/c1-2-17-12(16)9(7-15)5-8-3-4-10(14)6-11(8)13/h3-4,6,9H,2,5H2,1H3. The molecule has 0 saturated carbocycles. The Hall–Kier alpha value is -1.60. The average Bonchev–Trinajstić information content (AvgIpc) is 2.28. The normalized spacial score (nSPS) is 11.6. The van der Waals surface area contributed by atoms with Gasteiger partial charge >= 0.3 is 5.97 Å². The molecule has 0 aromatic heterocycles. The van der Waals surface area contributed by atoms with Crippen LogP contribution in [0, 0.1) is 23.1 Å². The number of halogens is 2. The predicted octanol–water partition coefficient (Wildman–Crippen LogP) is 2.72. The molecule has 0 aliphatic carbocycles. The van der Waals surface area contributed by atoms with Gasteiger partial charge in [0.1, 0.15) is 11.7 Å². The van der Waals surface area contributed by atoms with Crippen LogP contribution >= 0.6 is 11.6 Å². The molecular weight excluding hydrogens is 245 g/mol. The quantitative estimate of drug-likeness (QED) is 0.778. The Bertz CT molecular complexity index is 456. The van der Waals surface area contributed by atoms with Crippen molar-refractivity contribution in [2.75, 3.05) is 6.61 Å². The van der Waals surface area contributed by atoms with Gasteiger partial charge in [-0.3, -0.25) is 4.79 Å². The third-order valence-electron chi connectivity index (χ3n) is 2.17. The monoisotopic (exact) mass is 255 g/mol. The largest absolute Gasteiger partial charge is 0.465 e. The van der Waals surface area contributed by atoms with Crippen molar-refractivity contribution >= 4 is 17.6 Å². The van der Waals surface area contributed by atoms with Gasteiger partial charge in [0, 0.05) is 11.4 Å². The Morgan fingerprint density at radius 1 is 1.65 bits per heavy atom. The molecule has 0 N–H and O–H groups in total. The van der Waals surface area contributed by atoms with Gasteiger partial charge in [-0.2, -0.15) is 5.26 Å². The third kappa shape index (κ3) is 3.72. The molecule has 1 unspecified atom stereocenters. The van der Waals surface area contributed by atoms with Gasteiger partial charge in [-0.15, -0.1) is 0 Å². The molecule has 0 amide bonds. The highest BCUT2D eigenvalue weighted by atomic mass is 35.5. The molecule has 1 rings (SSSR count). The van der Waals surface area contributed by atoms with Crippen LogP contribution in [-0.4, -0.2) is 12.6 Å². The van der Waals surface area contributed by atoms with E-state index in [1.807, 2.05) is 6.07 Å². The van der Waals surface area contributed by atoms with Gasteiger partial charge in [-0.05, 0) is 24.6 Å². The minimum Gasteiger partial charge on any atom is -0.465 e. The number of ether oxygens (including phenoxy) is 1. The molecule has 0 radical (unpaired) electrons. The van der Waals surface area contributed by atoms with Crippen molar-refractivity contribution in [3.63, 3.8) is 0 Å². The summed E-state index contributed by atoms with van der Waals surface area (Å²) in [5.41, 5.74) is 0.549. The molecular formula is C12H11ClFNO2. The van der Waals surface area contributed by atoms with E-state index in [9.17, 15) is 9.18 Å². The number of benzene rings is 1. The van der Waals surface area contributed by atoms with Crippen molar-refractivity contribution in [1.82, 2.24) is 0 Å². The Kier molecular flexibility index (Phi) is 4.92. The molecule has 0 bridgehead atoms. The van der Waals surface area contributed by atoms with Gasteiger partial charge in [0.15, 0.2) is 0 Å². The van der Waals surface area contributed by atoms with Crippen LogP contribution in [0.1, 0.15) is 12.5 Å². The number of hydrogen-bond donors (Lipinski definition) is 0. The SMILES string of the molecule is CCOC(=O)C(C#N)Cc1ccc(F)cc1Cl. The molecule has 90 valence electrons. The van der Waals surface area contributed by atoms with E-state index in [1.54, 1.807) is 6.92 Å². The van der Waals surface area contributed by atoms with Crippen molar-refractivity contribution in [2.24, 2.45) is 5.92 Å². The molecule has 0 heterocycles. The lowest BCUT2D eigenvalue weighted by Crippen LogP contribution is -2.18. The van der Waals surface area contributed by atoms with Crippen LogP contribution in [0.2, 0.25) is 5.02 Å². The van der Waals surface area contributed by atoms with Crippen molar-refractivity contribution < 1.29 is 13.9 Å². The van der Waals surface area contributed by atoms with Crippen LogP contribution < -0.4 is 0 Å². The fourth-order valence-corrected chi connectivity index (χ4v) is 1.58. The summed E-state index contributed by atoms with van der Waals surface area (Å²) >= 11 is 5.81. The minimum atomic E-state index is -0.919. The number of carbonyl (C=O) groups excluding carboxylic acids is 1. The first kappa shape index (κ1) is 13.5. The molecule has 0 fully saturated rings. The molecule has 1 aromatic rings. The second-order valence-electron chi connectivity index (χ2n) is 3.37. The Labute approximate surface area is 104 Å². The smallest absolute Gasteiger partial charge is 0.323 e. The van der Waals surface area contributed by atoms with E-state index >= 15 is 0 Å². The molecule has 1 aromatic carbocycles. The summed E-state index contributed by atoms with van der Waals surface area (Å²) in [5, 5.41) is 9.07. The van der Waals surface area contributed by atoms with E-state index in [0.29, 0.717) is 5.56 Å². The highest BCUT2D eigenvalue weighted by molar-refractivity contribution is 6.31. The van der Waals surface area contributed by atoms with Crippen molar-refractivity contribution in [2.45, 2.75) is 13.3 Å². The molecule has 0 spiro atoms. The molecule has 1 atom stereocenters. The summed E-state index contributed by atoms with van der Waals surface area (Å²) in [4.78, 5) is 11.4. The molecule has 0 aliphatic rings. The highest BCUT2D eigenvalue weighted by Gasteiger charge is 2.20. The molecule has 5 heteroatoms. The zero-order valence-electron chi connectivity index (χ0n) is 9.24. The van der Waals surface area contributed by atoms with Crippen molar-refractivity contribution in [3.05, 3.63) is 34.6 Å². The van der Waals surface area contributed by atoms with E-state index in [0.717, 1.165) is 6.07 Å². The topological polar surface area (TPSA) is 50.1 Å². The predicted molar refractivity (Wildman–Crippen MR) is 60.9 cm³/mol. The molecule has 3 nitrogen and oxygen atoms in total. The summed E-state index contributed by atoms with van der Waals surface area (Å²) in [7, 11) is 0. The van der Waals surface area contributed by atoms with Gasteiger partial charge in [0.2, 0.25) is 0 Å². The first-order valence-corrected chi connectivity index (χ1v) is 5.46. The van der Waals surface area contributed by atoms with E-state index in [-0.39, 0.29) is 18.1 Å². The van der Waals surface area contributed by atoms with Gasteiger partial charge in [0.05, 0.1) is 12.7 Å². The maximum absolute atomic E-state index is 12.8. The number of esters is 1. The van der Waals surface area contributed by atoms with Crippen LogP contribution in [-0.2, 0) is 16.0 Å². The fourth-order valence-electron chi connectivity index (χ4n) is 1.33. The van der Waals surface area contributed by atoms with E-state index in [4.69, 9.17) is 21.6 Å². The zero-order valence-corrected chi connectivity index (χ0v) is 10.00. The Morgan fingerprint density at radius 2 is 2.35 bits per heavy atom. The number of rotatable bonds is 4. The summed E-state index contributed by atoms with van der Waals surface area (Å²) in [6, 6.07) is 5.70. The highest BCUT2D eigenvalue weighted by Crippen LogP contribution is 2.20. The maximum atomic E-state index is 12.8. The summed E-state index contributed by atoms with van der Waals surface area (Å²) in [6.45, 7) is 1.88. The summed E-state index contributed by atoms with van der Waals surface area (Å²) < 4.78 is 17.6. The number of carbonyl (C=O) groups is 1. The summed E-state index contributed by atoms with van der Waals surface area (Å²) in [6.07, 6.45) is 0.119. The summed E-state index contributed by atoms with van der Waals surface area (Å²) in [5.74, 6) is -1.96. The maximum Gasteiger partial charge on any atom is 0.323 e. The van der Waals surface area contributed by atoms with Crippen molar-refractivity contribution in [3.8, 4) is 6.07 Å². The number of hydrogen-bond acceptors (Lipinski definition) is 3. The third-order valence-corrected chi connectivity index (χ3v) is 2.52. The van der Waals surface area contributed by atoms with Crippen LogP contribution in [0.5, 0.6) is 0 Å². The van der Waals surface area contributed by atoms with Gasteiger partial charge < -0.3 is 4.74 Å². The van der Waals surface area contributed by atoms with E-state index in [1.165, 1.54) is 12.1 Å². The number of nitriles is 1. The van der Waals surface area contributed by atoms with Crippen LogP contribution in [0.4, 0.5) is 4.39 Å². The fraction of sp³-hybridized carbons (Fsp3) is 0.333. The molecule has 0 saturated heterocycles. The lowest BCUT2D eigenvalue weighted by atomic mass is 10.0. The number of nitrogens with zero attached hydrogens (tertiary/aromatic N) is 1. The lowest BCUT2D eigenvalue weighted by Gasteiger charge is -2.09. The van der Waals surface area contributed by atoms with Crippen LogP contribution in [0.15, 0.2) is 18.2 Å². The lowest BCUT2D eigenvalue weighted by molar-refractivity contribution is -0.145. The van der Waals surface area contributed by atoms with E-state index in [2.05, 4.69) is 0 Å².